The van der Waals surface area contributed by atoms with Gasteiger partial charge in [0.1, 0.15) is 5.69 Å². The molecule has 0 unspecified atom stereocenters. The predicted octanol–water partition coefficient (Wildman–Crippen LogP) is 3.78. The Bertz CT molecular complexity index is 664. The highest BCUT2D eigenvalue weighted by molar-refractivity contribution is 9.10. The second-order valence-electron chi connectivity index (χ2n) is 4.40. The van der Waals surface area contributed by atoms with E-state index in [2.05, 4.69) is 20.9 Å². The summed E-state index contributed by atoms with van der Waals surface area (Å²) in [6, 6.07) is 7.05. The number of nitrogens with zero attached hydrogens (tertiary/aromatic N) is 2. The Morgan fingerprint density at radius 2 is 2.05 bits per heavy atom. The molecule has 1 amide bonds. The maximum absolute atomic E-state index is 13.2. The lowest BCUT2D eigenvalue weighted by Crippen LogP contribution is -2.31. The van der Waals surface area contributed by atoms with E-state index in [-0.39, 0.29) is 12.5 Å². The zero-order valence-electron chi connectivity index (χ0n) is 11.3. The largest absolute Gasteiger partial charge is 0.333 e. The molecule has 2 aromatic rings. The van der Waals surface area contributed by atoms with Gasteiger partial charge in [-0.1, -0.05) is 6.07 Å². The van der Waals surface area contributed by atoms with E-state index in [0.29, 0.717) is 22.3 Å². The SMILES string of the molecule is CCN(Cc1ccc(F)c(F)c1)C(=O)c1ncccc1Br. The van der Waals surface area contributed by atoms with Crippen LogP contribution in [0.4, 0.5) is 8.78 Å². The second kappa shape index (κ2) is 6.76. The molecule has 0 N–H and O–H groups in total. The maximum atomic E-state index is 13.2. The lowest BCUT2D eigenvalue weighted by atomic mass is 10.2. The molecule has 0 aliphatic heterocycles. The van der Waals surface area contributed by atoms with Gasteiger partial charge in [-0.15, -0.1) is 0 Å². The molecular formula is C15H13BrF2N2O. The summed E-state index contributed by atoms with van der Waals surface area (Å²) in [5, 5.41) is 0. The summed E-state index contributed by atoms with van der Waals surface area (Å²) >= 11 is 3.28. The van der Waals surface area contributed by atoms with Crippen LogP contribution in [0.5, 0.6) is 0 Å². The molecule has 0 aliphatic rings. The standard InChI is InChI=1S/C15H13BrF2N2O/c1-2-20(9-10-5-6-12(17)13(18)8-10)15(21)14-11(16)4-3-7-19-14/h3-8H,2,9H2,1H3. The fourth-order valence-corrected chi connectivity index (χ4v) is 2.30. The predicted molar refractivity (Wildman–Crippen MR) is 78.7 cm³/mol. The van der Waals surface area contributed by atoms with Gasteiger partial charge in [-0.3, -0.25) is 4.79 Å². The van der Waals surface area contributed by atoms with Gasteiger partial charge in [-0.25, -0.2) is 13.8 Å². The average molecular weight is 355 g/mol. The highest BCUT2D eigenvalue weighted by Gasteiger charge is 2.18. The number of carbonyl (C=O) groups excluding carboxylic acids is 1. The van der Waals surface area contributed by atoms with Gasteiger partial charge in [0.2, 0.25) is 0 Å². The fraction of sp³-hybridized carbons (Fsp3) is 0.200. The Balaban J connectivity index is 2.21. The van der Waals surface area contributed by atoms with E-state index in [1.807, 2.05) is 6.92 Å². The van der Waals surface area contributed by atoms with Crippen LogP contribution < -0.4 is 0 Å². The van der Waals surface area contributed by atoms with Gasteiger partial charge in [-0.2, -0.15) is 0 Å². The first-order chi connectivity index (χ1) is 10.0. The lowest BCUT2D eigenvalue weighted by Gasteiger charge is -2.21. The van der Waals surface area contributed by atoms with E-state index in [1.54, 1.807) is 12.1 Å². The monoisotopic (exact) mass is 354 g/mol. The Morgan fingerprint density at radius 3 is 2.67 bits per heavy atom. The van der Waals surface area contributed by atoms with E-state index < -0.39 is 11.6 Å². The normalized spacial score (nSPS) is 10.5. The molecule has 0 radical (unpaired) electrons. The van der Waals surface area contributed by atoms with E-state index >= 15 is 0 Å². The van der Waals surface area contributed by atoms with E-state index in [4.69, 9.17) is 0 Å². The van der Waals surface area contributed by atoms with Crippen molar-refractivity contribution in [3.63, 3.8) is 0 Å². The minimum Gasteiger partial charge on any atom is -0.333 e. The first-order valence-corrected chi connectivity index (χ1v) is 7.16. The van der Waals surface area contributed by atoms with Crippen LogP contribution in [0.25, 0.3) is 0 Å². The van der Waals surface area contributed by atoms with Gasteiger partial charge in [0.15, 0.2) is 11.6 Å². The highest BCUT2D eigenvalue weighted by atomic mass is 79.9. The number of halogens is 3. The average Bonchev–Trinajstić information content (AvgIpc) is 2.48. The summed E-state index contributed by atoms with van der Waals surface area (Å²) in [6.07, 6.45) is 1.53. The smallest absolute Gasteiger partial charge is 0.273 e. The first kappa shape index (κ1) is 15.6. The third-order valence-electron chi connectivity index (χ3n) is 2.99. The molecule has 0 saturated heterocycles. The van der Waals surface area contributed by atoms with Crippen LogP contribution in [0, 0.1) is 11.6 Å². The second-order valence-corrected chi connectivity index (χ2v) is 5.26. The van der Waals surface area contributed by atoms with Gasteiger partial charge >= 0.3 is 0 Å². The first-order valence-electron chi connectivity index (χ1n) is 6.36. The van der Waals surface area contributed by atoms with Crippen molar-refractivity contribution in [3.8, 4) is 0 Å². The molecule has 21 heavy (non-hydrogen) atoms. The molecule has 110 valence electrons. The van der Waals surface area contributed by atoms with Gasteiger partial charge < -0.3 is 4.90 Å². The zero-order valence-corrected chi connectivity index (χ0v) is 12.9. The van der Waals surface area contributed by atoms with Crippen molar-refractivity contribution in [3.05, 3.63) is 63.9 Å². The number of carbonyl (C=O) groups is 1. The molecule has 0 aliphatic carbocycles. The zero-order chi connectivity index (χ0) is 15.4. The minimum absolute atomic E-state index is 0.190. The summed E-state index contributed by atoms with van der Waals surface area (Å²) in [5.74, 6) is -2.09. The summed E-state index contributed by atoms with van der Waals surface area (Å²) in [6.45, 7) is 2.44. The van der Waals surface area contributed by atoms with E-state index in [9.17, 15) is 13.6 Å². The number of pyridine rings is 1. The van der Waals surface area contributed by atoms with Crippen molar-refractivity contribution >= 4 is 21.8 Å². The van der Waals surface area contributed by atoms with E-state index in [1.165, 1.54) is 17.2 Å². The molecule has 0 bridgehead atoms. The molecule has 1 aromatic heterocycles. The Labute approximate surface area is 129 Å². The molecule has 0 atom stereocenters. The molecule has 0 fully saturated rings. The van der Waals surface area contributed by atoms with Gasteiger partial charge in [-0.05, 0) is 52.7 Å². The highest BCUT2D eigenvalue weighted by Crippen LogP contribution is 2.17. The number of aromatic nitrogens is 1. The van der Waals surface area contributed by atoms with E-state index in [0.717, 1.165) is 12.1 Å². The minimum atomic E-state index is -0.921. The van der Waals surface area contributed by atoms with Crippen LogP contribution in [-0.2, 0) is 6.54 Å². The molecule has 3 nitrogen and oxygen atoms in total. The molecule has 0 spiro atoms. The lowest BCUT2D eigenvalue weighted by molar-refractivity contribution is 0.0745. The number of hydrogen-bond donors (Lipinski definition) is 0. The van der Waals surface area contributed by atoms with Crippen LogP contribution in [0.3, 0.4) is 0 Å². The summed E-state index contributed by atoms with van der Waals surface area (Å²) in [5.41, 5.74) is 0.818. The van der Waals surface area contributed by atoms with Crippen LogP contribution in [0.1, 0.15) is 23.0 Å². The number of rotatable bonds is 4. The number of hydrogen-bond acceptors (Lipinski definition) is 2. The van der Waals surface area contributed by atoms with Crippen LogP contribution >= 0.6 is 15.9 Å². The Morgan fingerprint density at radius 1 is 1.29 bits per heavy atom. The molecule has 2 rings (SSSR count). The quantitative estimate of drug-likeness (QED) is 0.836. The Hall–Kier alpha value is -1.82. The number of amides is 1. The van der Waals surface area contributed by atoms with Gasteiger partial charge in [0.25, 0.3) is 5.91 Å². The molecule has 1 aromatic carbocycles. The van der Waals surface area contributed by atoms with Crippen LogP contribution in [0.2, 0.25) is 0 Å². The summed E-state index contributed by atoms with van der Waals surface area (Å²) < 4.78 is 26.7. The Kier molecular flexibility index (Phi) is 5.01. The van der Waals surface area contributed by atoms with Crippen LogP contribution in [-0.4, -0.2) is 22.3 Å². The van der Waals surface area contributed by atoms with Crippen LogP contribution in [0.15, 0.2) is 41.0 Å². The molecule has 6 heteroatoms. The maximum Gasteiger partial charge on any atom is 0.273 e. The van der Waals surface area contributed by atoms with Crippen molar-refractivity contribution in [1.29, 1.82) is 0 Å². The molecule has 0 saturated carbocycles. The van der Waals surface area contributed by atoms with Gasteiger partial charge in [0, 0.05) is 23.8 Å². The van der Waals surface area contributed by atoms with Crippen molar-refractivity contribution < 1.29 is 13.6 Å². The third kappa shape index (κ3) is 3.64. The van der Waals surface area contributed by atoms with Gasteiger partial charge in [0.05, 0.1) is 0 Å². The van der Waals surface area contributed by atoms with Crippen molar-refractivity contribution in [2.75, 3.05) is 6.54 Å². The number of benzene rings is 1. The molecular weight excluding hydrogens is 342 g/mol. The fourth-order valence-electron chi connectivity index (χ4n) is 1.88. The summed E-state index contributed by atoms with van der Waals surface area (Å²) in [7, 11) is 0. The van der Waals surface area contributed by atoms with Crippen molar-refractivity contribution in [2.24, 2.45) is 0 Å². The summed E-state index contributed by atoms with van der Waals surface area (Å²) in [4.78, 5) is 18.0. The van der Waals surface area contributed by atoms with Crippen molar-refractivity contribution in [2.45, 2.75) is 13.5 Å². The molecule has 1 heterocycles. The van der Waals surface area contributed by atoms with Crippen molar-refractivity contribution in [1.82, 2.24) is 9.88 Å². The third-order valence-corrected chi connectivity index (χ3v) is 3.63. The topological polar surface area (TPSA) is 33.2 Å².